The molecule has 162 valence electrons. The Labute approximate surface area is 181 Å². The lowest BCUT2D eigenvalue weighted by molar-refractivity contribution is -0.153. The fourth-order valence-corrected chi connectivity index (χ4v) is 4.25. The molecule has 2 aromatic carbocycles. The second kappa shape index (κ2) is 8.41. The van der Waals surface area contributed by atoms with Gasteiger partial charge in [-0.25, -0.2) is 4.79 Å². The van der Waals surface area contributed by atoms with Crippen molar-refractivity contribution in [1.82, 2.24) is 10.2 Å². The Morgan fingerprint density at radius 2 is 1.81 bits per heavy atom. The summed E-state index contributed by atoms with van der Waals surface area (Å²) in [6.45, 7) is 3.92. The highest BCUT2D eigenvalue weighted by molar-refractivity contribution is 5.97. The summed E-state index contributed by atoms with van der Waals surface area (Å²) < 4.78 is 10.9. The number of para-hydroxylation sites is 1. The van der Waals surface area contributed by atoms with Crippen LogP contribution in [0.5, 0.6) is 11.5 Å². The molecule has 2 aromatic rings. The molecule has 2 fully saturated rings. The first-order chi connectivity index (χ1) is 14.9. The number of fused-ring (bicyclic) bond motifs is 1. The van der Waals surface area contributed by atoms with Crippen molar-refractivity contribution in [1.29, 1.82) is 0 Å². The Hall–Kier alpha value is -3.35. The van der Waals surface area contributed by atoms with Gasteiger partial charge in [0, 0.05) is 11.6 Å². The molecule has 31 heavy (non-hydrogen) atoms. The standard InChI is InChI=1S/C24H26N2O5/c1-3-30-23(29)19-13-24(2)14-20(24)26(19)21(27)15-25-22(28)16-8-7-11-18(12-16)31-17-9-5-4-6-10-17/h4-12,19-20H,3,13-15H2,1-2H3,(H,25,28)/t19-,20-,24+/m0/s1. The molecule has 1 aliphatic carbocycles. The number of nitrogens with zero attached hydrogens (tertiary/aromatic N) is 1. The molecular weight excluding hydrogens is 396 g/mol. The van der Waals surface area contributed by atoms with Gasteiger partial charge in [-0.05, 0) is 55.5 Å². The largest absolute Gasteiger partial charge is 0.464 e. The molecule has 1 aliphatic heterocycles. The molecular formula is C24H26N2O5. The first-order valence-electron chi connectivity index (χ1n) is 10.5. The van der Waals surface area contributed by atoms with Crippen LogP contribution in [0.2, 0.25) is 0 Å². The SMILES string of the molecule is CCOC(=O)[C@@H]1C[C@]2(C)C[C@@H]2N1C(=O)CNC(=O)c1cccc(Oc2ccccc2)c1. The van der Waals surface area contributed by atoms with Gasteiger partial charge in [-0.3, -0.25) is 9.59 Å². The lowest BCUT2D eigenvalue weighted by atomic mass is 10.0. The number of ether oxygens (including phenoxy) is 2. The average Bonchev–Trinajstić information content (AvgIpc) is 3.33. The molecule has 2 aliphatic rings. The average molecular weight is 422 g/mol. The minimum absolute atomic E-state index is 0.0276. The van der Waals surface area contributed by atoms with Gasteiger partial charge < -0.3 is 19.7 Å². The summed E-state index contributed by atoms with van der Waals surface area (Å²) in [7, 11) is 0. The Morgan fingerprint density at radius 3 is 2.55 bits per heavy atom. The lowest BCUT2D eigenvalue weighted by Gasteiger charge is -2.26. The highest BCUT2D eigenvalue weighted by Gasteiger charge is 2.64. The molecule has 0 bridgehead atoms. The van der Waals surface area contributed by atoms with Crippen molar-refractivity contribution in [2.24, 2.45) is 5.41 Å². The fraction of sp³-hybridized carbons (Fsp3) is 0.375. The van der Waals surface area contributed by atoms with E-state index in [0.29, 0.717) is 23.5 Å². The lowest BCUT2D eigenvalue weighted by Crippen LogP contribution is -2.48. The smallest absolute Gasteiger partial charge is 0.328 e. The Bertz CT molecular complexity index is 992. The third kappa shape index (κ3) is 4.40. The highest BCUT2D eigenvalue weighted by atomic mass is 16.5. The van der Waals surface area contributed by atoms with Crippen molar-refractivity contribution < 1.29 is 23.9 Å². The summed E-state index contributed by atoms with van der Waals surface area (Å²) in [5.74, 6) is 0.176. The van der Waals surface area contributed by atoms with E-state index in [1.807, 2.05) is 30.3 Å². The van der Waals surface area contributed by atoms with E-state index < -0.39 is 6.04 Å². The molecule has 1 N–H and O–H groups in total. The van der Waals surface area contributed by atoms with Gasteiger partial charge in [0.15, 0.2) is 0 Å². The summed E-state index contributed by atoms with van der Waals surface area (Å²) in [6, 6.07) is 15.5. The second-order valence-corrected chi connectivity index (χ2v) is 8.27. The topological polar surface area (TPSA) is 84.9 Å². The van der Waals surface area contributed by atoms with E-state index in [2.05, 4.69) is 12.2 Å². The van der Waals surface area contributed by atoms with Crippen molar-refractivity contribution in [2.75, 3.05) is 13.2 Å². The first-order valence-corrected chi connectivity index (χ1v) is 10.5. The highest BCUT2D eigenvalue weighted by Crippen LogP contribution is 2.59. The predicted molar refractivity (Wildman–Crippen MR) is 114 cm³/mol. The van der Waals surface area contributed by atoms with Crippen LogP contribution in [0.4, 0.5) is 0 Å². The van der Waals surface area contributed by atoms with Crippen LogP contribution in [0.15, 0.2) is 54.6 Å². The van der Waals surface area contributed by atoms with Crippen LogP contribution in [0, 0.1) is 5.41 Å². The predicted octanol–water partition coefficient (Wildman–Crippen LogP) is 3.15. The van der Waals surface area contributed by atoms with Gasteiger partial charge in [-0.1, -0.05) is 31.2 Å². The van der Waals surface area contributed by atoms with Crippen LogP contribution in [-0.4, -0.2) is 47.9 Å². The van der Waals surface area contributed by atoms with Gasteiger partial charge in [0.25, 0.3) is 5.91 Å². The van der Waals surface area contributed by atoms with Gasteiger partial charge >= 0.3 is 5.97 Å². The third-order valence-corrected chi connectivity index (χ3v) is 5.96. The summed E-state index contributed by atoms with van der Waals surface area (Å²) in [4.78, 5) is 39.4. The van der Waals surface area contributed by atoms with Crippen molar-refractivity contribution in [3.05, 3.63) is 60.2 Å². The number of likely N-dealkylation sites (tertiary alicyclic amines) is 1. The zero-order valence-corrected chi connectivity index (χ0v) is 17.7. The van der Waals surface area contributed by atoms with Crippen LogP contribution in [0.1, 0.15) is 37.0 Å². The molecule has 1 saturated heterocycles. The fourth-order valence-electron chi connectivity index (χ4n) is 4.25. The van der Waals surface area contributed by atoms with Crippen molar-refractivity contribution in [2.45, 2.75) is 38.8 Å². The summed E-state index contributed by atoms with van der Waals surface area (Å²) in [5.41, 5.74) is 0.362. The molecule has 7 heteroatoms. The molecule has 1 heterocycles. The van der Waals surface area contributed by atoms with Gasteiger partial charge in [0.2, 0.25) is 5.91 Å². The summed E-state index contributed by atoms with van der Waals surface area (Å²) in [5, 5.41) is 2.67. The molecule has 2 amide bonds. The minimum atomic E-state index is -0.573. The van der Waals surface area contributed by atoms with Gasteiger partial charge in [-0.2, -0.15) is 0 Å². The van der Waals surface area contributed by atoms with Gasteiger partial charge in [0.05, 0.1) is 13.2 Å². The number of hydrogen-bond donors (Lipinski definition) is 1. The third-order valence-electron chi connectivity index (χ3n) is 5.96. The Balaban J connectivity index is 1.38. The van der Waals surface area contributed by atoms with Crippen molar-refractivity contribution >= 4 is 17.8 Å². The monoisotopic (exact) mass is 422 g/mol. The van der Waals surface area contributed by atoms with E-state index in [9.17, 15) is 14.4 Å². The van der Waals surface area contributed by atoms with Crippen LogP contribution in [0.25, 0.3) is 0 Å². The molecule has 0 aromatic heterocycles. The molecule has 1 saturated carbocycles. The number of hydrogen-bond acceptors (Lipinski definition) is 5. The molecule has 4 rings (SSSR count). The number of carbonyl (C=O) groups is 3. The van der Waals surface area contributed by atoms with Crippen LogP contribution < -0.4 is 10.1 Å². The quantitative estimate of drug-likeness (QED) is 0.693. The van der Waals surface area contributed by atoms with Crippen LogP contribution in [-0.2, 0) is 14.3 Å². The van der Waals surface area contributed by atoms with Gasteiger partial charge in [0.1, 0.15) is 17.5 Å². The maximum Gasteiger partial charge on any atom is 0.328 e. The number of benzene rings is 2. The number of nitrogens with one attached hydrogen (secondary N) is 1. The van der Waals surface area contributed by atoms with E-state index in [-0.39, 0.29) is 42.4 Å². The van der Waals surface area contributed by atoms with E-state index in [0.717, 1.165) is 6.42 Å². The van der Waals surface area contributed by atoms with Crippen molar-refractivity contribution in [3.8, 4) is 11.5 Å². The number of rotatable bonds is 7. The number of carbonyl (C=O) groups excluding carboxylic acids is 3. The minimum Gasteiger partial charge on any atom is -0.464 e. The Kier molecular flexibility index (Phi) is 5.67. The Morgan fingerprint density at radius 1 is 1.06 bits per heavy atom. The molecule has 7 nitrogen and oxygen atoms in total. The van der Waals surface area contributed by atoms with E-state index in [1.54, 1.807) is 36.1 Å². The maximum atomic E-state index is 12.9. The summed E-state index contributed by atoms with van der Waals surface area (Å²) >= 11 is 0. The molecule has 0 spiro atoms. The van der Waals surface area contributed by atoms with Gasteiger partial charge in [-0.15, -0.1) is 0 Å². The van der Waals surface area contributed by atoms with Crippen LogP contribution >= 0.6 is 0 Å². The molecule has 0 unspecified atom stereocenters. The van der Waals surface area contributed by atoms with Crippen molar-refractivity contribution in [3.63, 3.8) is 0 Å². The maximum absolute atomic E-state index is 12.9. The normalized spacial score (nSPS) is 23.6. The molecule has 0 radical (unpaired) electrons. The number of piperidine rings is 1. The second-order valence-electron chi connectivity index (χ2n) is 8.27. The number of esters is 1. The number of amides is 2. The van der Waals surface area contributed by atoms with E-state index in [4.69, 9.17) is 9.47 Å². The summed E-state index contributed by atoms with van der Waals surface area (Å²) in [6.07, 6.45) is 1.48. The zero-order valence-electron chi connectivity index (χ0n) is 17.7. The van der Waals surface area contributed by atoms with E-state index >= 15 is 0 Å². The zero-order chi connectivity index (χ0) is 22.0. The molecule has 3 atom stereocenters. The van der Waals surface area contributed by atoms with Crippen LogP contribution in [0.3, 0.4) is 0 Å². The first kappa shape index (κ1) is 20.9. The van der Waals surface area contributed by atoms with E-state index in [1.165, 1.54) is 0 Å².